The fraction of sp³-hybridized carbons (Fsp3) is 0.444. The highest BCUT2D eigenvalue weighted by molar-refractivity contribution is 7.80. The summed E-state index contributed by atoms with van der Waals surface area (Å²) in [5.74, 6) is -0.539. The Morgan fingerprint density at radius 3 is 2.75 bits per heavy atom. The highest BCUT2D eigenvalue weighted by Gasteiger charge is 2.41. The van der Waals surface area contributed by atoms with Crippen LogP contribution in [-0.4, -0.2) is 47.3 Å². The minimum atomic E-state index is -0.745. The number of halogens is 1. The van der Waals surface area contributed by atoms with Crippen LogP contribution in [-0.2, 0) is 14.3 Å². The first kappa shape index (κ1) is 20.5. The normalized spacial score (nSPS) is 19.5. The van der Waals surface area contributed by atoms with Gasteiger partial charge >= 0.3 is 5.97 Å². The Morgan fingerprint density at radius 2 is 2.14 bits per heavy atom. The molecule has 0 spiro atoms. The van der Waals surface area contributed by atoms with Crippen molar-refractivity contribution < 1.29 is 19.2 Å². The smallest absolute Gasteiger partial charge is 0.338 e. The summed E-state index contributed by atoms with van der Waals surface area (Å²) in [6.45, 7) is 2.16. The van der Waals surface area contributed by atoms with Gasteiger partial charge in [0, 0.05) is 41.6 Å². The van der Waals surface area contributed by atoms with Gasteiger partial charge in [-0.25, -0.2) is 4.79 Å². The van der Waals surface area contributed by atoms with Crippen LogP contribution in [0.2, 0.25) is 5.02 Å². The summed E-state index contributed by atoms with van der Waals surface area (Å²) in [7, 11) is 1.51. The maximum atomic E-state index is 12.9. The Bertz CT molecular complexity index is 856. The molecule has 10 heteroatoms. The number of nitrogens with zero attached hydrogens (tertiary/aromatic N) is 2. The molecule has 1 aromatic carbocycles. The number of hydrogen-bond donors (Lipinski definition) is 1. The Morgan fingerprint density at radius 1 is 1.43 bits per heavy atom. The van der Waals surface area contributed by atoms with E-state index in [4.69, 9.17) is 33.3 Å². The average molecular weight is 426 g/mol. The first-order chi connectivity index (χ1) is 13.3. The summed E-state index contributed by atoms with van der Waals surface area (Å²) >= 11 is 11.8. The predicted octanol–water partition coefficient (Wildman–Crippen LogP) is 3.11. The number of allylic oxidation sites excluding steroid dienone is 1. The molecule has 3 rings (SSSR count). The third kappa shape index (κ3) is 4.11. The molecule has 1 aromatic rings. The van der Waals surface area contributed by atoms with Crippen LogP contribution < -0.4 is 5.32 Å². The van der Waals surface area contributed by atoms with Crippen LogP contribution in [0.1, 0.15) is 31.4 Å². The molecule has 0 aromatic heterocycles. The molecular weight excluding hydrogens is 406 g/mol. The Balaban J connectivity index is 2.05. The fourth-order valence-electron chi connectivity index (χ4n) is 3.19. The van der Waals surface area contributed by atoms with E-state index in [0.29, 0.717) is 27.0 Å². The van der Waals surface area contributed by atoms with Gasteiger partial charge in [0.05, 0.1) is 23.1 Å². The molecule has 1 heterocycles. The summed E-state index contributed by atoms with van der Waals surface area (Å²) < 4.78 is 10.3. The highest BCUT2D eigenvalue weighted by atomic mass is 35.5. The SMILES string of the molecule is COCCOC(=O)C1=C(C)N(C2CC2)C(=S)NC1c1cc([N+](=O)[O-])ccc1Cl. The van der Waals surface area contributed by atoms with Crippen molar-refractivity contribution in [1.29, 1.82) is 0 Å². The molecule has 8 nitrogen and oxygen atoms in total. The molecule has 1 fully saturated rings. The second kappa shape index (κ2) is 8.42. The van der Waals surface area contributed by atoms with Gasteiger partial charge in [-0.2, -0.15) is 0 Å². The van der Waals surface area contributed by atoms with Crippen LogP contribution in [0, 0.1) is 10.1 Å². The number of ether oxygens (including phenoxy) is 2. The lowest BCUT2D eigenvalue weighted by molar-refractivity contribution is -0.384. The third-order valence-electron chi connectivity index (χ3n) is 4.68. The number of nitrogens with one attached hydrogen (secondary N) is 1. The van der Waals surface area contributed by atoms with Gasteiger partial charge in [-0.15, -0.1) is 0 Å². The zero-order valence-corrected chi connectivity index (χ0v) is 17.0. The monoisotopic (exact) mass is 425 g/mol. The molecule has 1 atom stereocenters. The maximum Gasteiger partial charge on any atom is 0.338 e. The van der Waals surface area contributed by atoms with E-state index in [1.54, 1.807) is 6.92 Å². The molecular formula is C18H20ClN3O5S. The summed E-state index contributed by atoms with van der Waals surface area (Å²) in [4.78, 5) is 25.5. The Hall–Kier alpha value is -2.23. The van der Waals surface area contributed by atoms with Gasteiger partial charge in [-0.05, 0) is 38.0 Å². The molecule has 2 aliphatic rings. The molecule has 1 saturated carbocycles. The number of carbonyl (C=O) groups excluding carboxylic acids is 1. The zero-order valence-electron chi connectivity index (χ0n) is 15.4. The van der Waals surface area contributed by atoms with E-state index in [1.165, 1.54) is 25.3 Å². The van der Waals surface area contributed by atoms with Crippen molar-refractivity contribution in [2.24, 2.45) is 0 Å². The van der Waals surface area contributed by atoms with Gasteiger partial charge in [0.25, 0.3) is 5.69 Å². The molecule has 1 unspecified atom stereocenters. The van der Waals surface area contributed by atoms with E-state index in [9.17, 15) is 14.9 Å². The van der Waals surface area contributed by atoms with E-state index in [2.05, 4.69) is 5.32 Å². The van der Waals surface area contributed by atoms with Crippen molar-refractivity contribution in [3.8, 4) is 0 Å². The van der Waals surface area contributed by atoms with E-state index >= 15 is 0 Å². The van der Waals surface area contributed by atoms with Gasteiger partial charge in [0.15, 0.2) is 5.11 Å². The number of non-ortho nitro benzene ring substituents is 1. The van der Waals surface area contributed by atoms with Crippen molar-refractivity contribution in [3.05, 3.63) is 50.2 Å². The van der Waals surface area contributed by atoms with Gasteiger partial charge in [-0.1, -0.05) is 11.6 Å². The third-order valence-corrected chi connectivity index (χ3v) is 5.34. The van der Waals surface area contributed by atoms with Crippen molar-refractivity contribution in [3.63, 3.8) is 0 Å². The number of nitro benzene ring substituents is 1. The predicted molar refractivity (Wildman–Crippen MR) is 107 cm³/mol. The Kier molecular flexibility index (Phi) is 6.17. The van der Waals surface area contributed by atoms with Gasteiger partial charge in [-0.3, -0.25) is 10.1 Å². The largest absolute Gasteiger partial charge is 0.460 e. The van der Waals surface area contributed by atoms with Crippen LogP contribution in [0.25, 0.3) is 0 Å². The first-order valence-electron chi connectivity index (χ1n) is 8.75. The lowest BCUT2D eigenvalue weighted by Crippen LogP contribution is -2.48. The quantitative estimate of drug-likeness (QED) is 0.234. The second-order valence-corrected chi connectivity index (χ2v) is 7.37. The number of hydrogen-bond acceptors (Lipinski definition) is 6. The summed E-state index contributed by atoms with van der Waals surface area (Å²) in [6, 6.07) is 3.60. The average Bonchev–Trinajstić information content (AvgIpc) is 3.46. The van der Waals surface area contributed by atoms with Gasteiger partial charge in [0.2, 0.25) is 0 Å². The summed E-state index contributed by atoms with van der Waals surface area (Å²) in [5, 5.41) is 15.1. The number of methoxy groups -OCH3 is 1. The van der Waals surface area contributed by atoms with E-state index < -0.39 is 16.9 Å². The summed E-state index contributed by atoms with van der Waals surface area (Å²) in [6.07, 6.45) is 1.96. The van der Waals surface area contributed by atoms with E-state index in [1.807, 2.05) is 4.90 Å². The van der Waals surface area contributed by atoms with Crippen molar-refractivity contribution in [2.45, 2.75) is 31.8 Å². The standard InChI is InChI=1S/C18H20ClN3O5S/c1-10-15(17(23)27-8-7-26-2)16(20-18(28)21(10)11-3-4-11)13-9-12(22(24)25)5-6-14(13)19/h5-6,9,11,16H,3-4,7-8H2,1-2H3,(H,20,28). The molecule has 1 aliphatic carbocycles. The minimum absolute atomic E-state index is 0.0926. The van der Waals surface area contributed by atoms with Crippen molar-refractivity contribution >= 4 is 40.6 Å². The topological polar surface area (TPSA) is 93.9 Å². The lowest BCUT2D eigenvalue weighted by Gasteiger charge is -2.38. The van der Waals surface area contributed by atoms with Crippen LogP contribution >= 0.6 is 23.8 Å². The maximum absolute atomic E-state index is 12.9. The first-order valence-corrected chi connectivity index (χ1v) is 9.54. The van der Waals surface area contributed by atoms with Crippen molar-refractivity contribution in [2.75, 3.05) is 20.3 Å². The number of carbonyl (C=O) groups is 1. The molecule has 150 valence electrons. The number of esters is 1. The second-order valence-electron chi connectivity index (χ2n) is 6.57. The lowest BCUT2D eigenvalue weighted by atomic mass is 9.94. The van der Waals surface area contributed by atoms with Crippen molar-refractivity contribution in [1.82, 2.24) is 10.2 Å². The molecule has 28 heavy (non-hydrogen) atoms. The molecule has 0 bridgehead atoms. The van der Waals surface area contributed by atoms with Crippen LogP contribution in [0.3, 0.4) is 0 Å². The molecule has 1 aliphatic heterocycles. The number of benzene rings is 1. The molecule has 1 N–H and O–H groups in total. The highest BCUT2D eigenvalue weighted by Crippen LogP contribution is 2.40. The molecule has 0 radical (unpaired) electrons. The van der Waals surface area contributed by atoms with E-state index in [-0.39, 0.29) is 24.9 Å². The fourth-order valence-corrected chi connectivity index (χ4v) is 3.82. The van der Waals surface area contributed by atoms with Crippen LogP contribution in [0.4, 0.5) is 5.69 Å². The van der Waals surface area contributed by atoms with Crippen LogP contribution in [0.5, 0.6) is 0 Å². The number of nitro groups is 1. The summed E-state index contributed by atoms with van der Waals surface area (Å²) in [5.41, 5.74) is 1.27. The van der Waals surface area contributed by atoms with Gasteiger partial charge in [0.1, 0.15) is 6.61 Å². The Labute approximate surface area is 172 Å². The minimum Gasteiger partial charge on any atom is -0.460 e. The molecule has 0 saturated heterocycles. The van der Waals surface area contributed by atoms with Gasteiger partial charge < -0.3 is 19.7 Å². The number of thiocarbonyl (C=S) groups is 1. The van der Waals surface area contributed by atoms with Crippen LogP contribution in [0.15, 0.2) is 29.5 Å². The molecule has 0 amide bonds. The zero-order chi connectivity index (χ0) is 20.4. The van der Waals surface area contributed by atoms with E-state index in [0.717, 1.165) is 12.8 Å². The number of rotatable bonds is 7.